The van der Waals surface area contributed by atoms with Gasteiger partial charge in [0.25, 0.3) is 7.52 Å². The van der Waals surface area contributed by atoms with Gasteiger partial charge in [-0.25, -0.2) is 4.67 Å². The Bertz CT molecular complexity index is 460. The Morgan fingerprint density at radius 1 is 1.26 bits per heavy atom. The van der Waals surface area contributed by atoms with Crippen molar-refractivity contribution < 1.29 is 9.09 Å². The second-order valence-corrected chi connectivity index (χ2v) is 8.24. The van der Waals surface area contributed by atoms with E-state index in [-0.39, 0.29) is 17.8 Å². The minimum Gasteiger partial charge on any atom is -0.314 e. The van der Waals surface area contributed by atoms with E-state index in [9.17, 15) is 4.57 Å². The monoisotopic (exact) mass is 281 g/mol. The fourth-order valence-corrected chi connectivity index (χ4v) is 5.59. The van der Waals surface area contributed by atoms with Crippen LogP contribution in [-0.4, -0.2) is 23.4 Å². The summed E-state index contributed by atoms with van der Waals surface area (Å²) < 4.78 is 21.4. The van der Waals surface area contributed by atoms with Crippen molar-refractivity contribution in [2.24, 2.45) is 0 Å². The molecule has 1 heterocycles. The Morgan fingerprint density at radius 2 is 1.89 bits per heavy atom. The van der Waals surface area contributed by atoms with Crippen molar-refractivity contribution in [3.63, 3.8) is 0 Å². The second kappa shape index (κ2) is 5.78. The van der Waals surface area contributed by atoms with Gasteiger partial charge in [-0.3, -0.25) is 4.57 Å². The van der Waals surface area contributed by atoms with E-state index < -0.39 is 7.52 Å². The summed E-state index contributed by atoms with van der Waals surface area (Å²) in [4.78, 5) is 0. The van der Waals surface area contributed by atoms with Crippen LogP contribution in [0.3, 0.4) is 0 Å². The largest absolute Gasteiger partial charge is 0.314 e. The molecule has 1 aromatic rings. The first-order chi connectivity index (χ1) is 8.95. The molecule has 0 N–H and O–H groups in total. The highest BCUT2D eigenvalue weighted by atomic mass is 31.2. The highest BCUT2D eigenvalue weighted by Gasteiger charge is 2.43. The van der Waals surface area contributed by atoms with Gasteiger partial charge in [-0.1, -0.05) is 30.3 Å². The number of hydrogen-bond acceptors (Lipinski definition) is 2. The molecule has 19 heavy (non-hydrogen) atoms. The third-order valence-electron chi connectivity index (χ3n) is 3.82. The van der Waals surface area contributed by atoms with Gasteiger partial charge < -0.3 is 4.52 Å². The Kier molecular flexibility index (Phi) is 4.50. The lowest BCUT2D eigenvalue weighted by atomic mass is 10.2. The van der Waals surface area contributed by atoms with Crippen LogP contribution in [0.1, 0.15) is 45.3 Å². The zero-order chi connectivity index (χ0) is 14.0. The van der Waals surface area contributed by atoms with E-state index in [4.69, 9.17) is 4.52 Å². The lowest BCUT2D eigenvalue weighted by Crippen LogP contribution is -2.38. The lowest BCUT2D eigenvalue weighted by Gasteiger charge is -2.43. The molecule has 106 valence electrons. The first-order valence-corrected chi connectivity index (χ1v) is 8.70. The van der Waals surface area contributed by atoms with Crippen LogP contribution < -0.4 is 0 Å². The second-order valence-electron chi connectivity index (χ2n) is 5.61. The maximum absolute atomic E-state index is 13.4. The molecule has 0 bridgehead atoms. The summed E-state index contributed by atoms with van der Waals surface area (Å²) >= 11 is 0. The SMILES string of the molecule is CC(C)N1CC[C@H](C)O[P@]1(=O)[C@@H](C)c1ccccc1. The molecule has 2 rings (SSSR count). The van der Waals surface area contributed by atoms with Crippen molar-refractivity contribution in [3.05, 3.63) is 35.9 Å². The minimum atomic E-state index is -2.82. The molecule has 3 atom stereocenters. The van der Waals surface area contributed by atoms with Gasteiger partial charge in [-0.05, 0) is 39.7 Å². The summed E-state index contributed by atoms with van der Waals surface area (Å²) in [5, 5.41) is 0. The first-order valence-electron chi connectivity index (χ1n) is 7.05. The number of nitrogens with zero attached hydrogens (tertiary/aromatic N) is 1. The van der Waals surface area contributed by atoms with Crippen LogP contribution in [0.4, 0.5) is 0 Å². The van der Waals surface area contributed by atoms with Crippen LogP contribution in [0.5, 0.6) is 0 Å². The van der Waals surface area contributed by atoms with Crippen LogP contribution in [-0.2, 0) is 9.09 Å². The summed E-state index contributed by atoms with van der Waals surface area (Å²) in [5.41, 5.74) is 1.00. The fourth-order valence-electron chi connectivity index (χ4n) is 2.64. The van der Waals surface area contributed by atoms with Crippen molar-refractivity contribution in [1.82, 2.24) is 4.67 Å². The van der Waals surface area contributed by atoms with Gasteiger partial charge in [-0.2, -0.15) is 0 Å². The predicted molar refractivity (Wildman–Crippen MR) is 79.5 cm³/mol. The topological polar surface area (TPSA) is 29.5 Å². The third-order valence-corrected chi connectivity index (χ3v) is 7.14. The Labute approximate surface area is 116 Å². The summed E-state index contributed by atoms with van der Waals surface area (Å²) in [7, 11) is -2.82. The molecule has 3 nitrogen and oxygen atoms in total. The summed E-state index contributed by atoms with van der Waals surface area (Å²) in [6.07, 6.45) is 1.02. The van der Waals surface area contributed by atoms with Crippen LogP contribution >= 0.6 is 7.52 Å². The van der Waals surface area contributed by atoms with E-state index in [1.54, 1.807) is 0 Å². The molecule has 0 amide bonds. The smallest absolute Gasteiger partial charge is 0.279 e. The Hall–Kier alpha value is -0.630. The minimum absolute atomic E-state index is 0.0759. The molecule has 1 aromatic carbocycles. The average Bonchev–Trinajstić information content (AvgIpc) is 2.38. The Morgan fingerprint density at radius 3 is 2.47 bits per heavy atom. The van der Waals surface area contributed by atoms with Gasteiger partial charge in [-0.15, -0.1) is 0 Å². The summed E-state index contributed by atoms with van der Waals surface area (Å²) in [6, 6.07) is 10.3. The van der Waals surface area contributed by atoms with Gasteiger partial charge in [0.15, 0.2) is 0 Å². The predicted octanol–water partition coefficient (Wildman–Crippen LogP) is 4.46. The van der Waals surface area contributed by atoms with Crippen LogP contribution in [0.2, 0.25) is 0 Å². The van der Waals surface area contributed by atoms with Gasteiger partial charge >= 0.3 is 0 Å². The van der Waals surface area contributed by atoms with E-state index in [1.807, 2.05) is 44.2 Å². The van der Waals surface area contributed by atoms with Gasteiger partial charge in [0.05, 0.1) is 11.8 Å². The molecule has 0 saturated carbocycles. The molecule has 0 spiro atoms. The molecule has 0 radical (unpaired) electrons. The zero-order valence-electron chi connectivity index (χ0n) is 12.2. The van der Waals surface area contributed by atoms with Crippen molar-refractivity contribution in [1.29, 1.82) is 0 Å². The van der Waals surface area contributed by atoms with Gasteiger partial charge in [0, 0.05) is 12.6 Å². The van der Waals surface area contributed by atoms with Crippen molar-refractivity contribution in [2.45, 2.75) is 51.9 Å². The average molecular weight is 281 g/mol. The van der Waals surface area contributed by atoms with E-state index in [0.29, 0.717) is 0 Å². The van der Waals surface area contributed by atoms with E-state index in [1.165, 1.54) is 0 Å². The molecule has 1 fully saturated rings. The van der Waals surface area contributed by atoms with Crippen molar-refractivity contribution >= 4 is 7.52 Å². The van der Waals surface area contributed by atoms with Crippen molar-refractivity contribution in [2.75, 3.05) is 6.54 Å². The highest BCUT2D eigenvalue weighted by Crippen LogP contribution is 2.65. The fraction of sp³-hybridized carbons (Fsp3) is 0.600. The molecular formula is C15H24NO2P. The van der Waals surface area contributed by atoms with E-state index in [0.717, 1.165) is 18.5 Å². The normalized spacial score (nSPS) is 30.5. The molecule has 0 aliphatic carbocycles. The van der Waals surface area contributed by atoms with Crippen LogP contribution in [0, 0.1) is 0 Å². The summed E-state index contributed by atoms with van der Waals surface area (Å²) in [5.74, 6) is 0. The molecule has 0 unspecified atom stereocenters. The van der Waals surface area contributed by atoms with E-state index in [2.05, 4.69) is 18.5 Å². The number of hydrogen-bond donors (Lipinski definition) is 0. The first kappa shape index (κ1) is 14.8. The standard InChI is InChI=1S/C15H24NO2P/c1-12(2)16-11-10-13(3)18-19(16,17)14(4)15-8-6-5-7-9-15/h5-9,12-14H,10-11H2,1-4H3/t13-,14-,19+/m0/s1. The molecular weight excluding hydrogens is 257 g/mol. The van der Waals surface area contributed by atoms with Crippen molar-refractivity contribution in [3.8, 4) is 0 Å². The van der Waals surface area contributed by atoms with E-state index >= 15 is 0 Å². The molecule has 1 aliphatic heterocycles. The third kappa shape index (κ3) is 2.94. The molecule has 1 aliphatic rings. The molecule has 0 aromatic heterocycles. The zero-order valence-corrected chi connectivity index (χ0v) is 13.1. The summed E-state index contributed by atoms with van der Waals surface area (Å²) in [6.45, 7) is 9.06. The van der Waals surface area contributed by atoms with Gasteiger partial charge in [0.1, 0.15) is 0 Å². The number of benzene rings is 1. The Balaban J connectivity index is 2.34. The number of rotatable bonds is 3. The van der Waals surface area contributed by atoms with Gasteiger partial charge in [0.2, 0.25) is 0 Å². The molecule has 4 heteroatoms. The highest BCUT2D eigenvalue weighted by molar-refractivity contribution is 7.57. The lowest BCUT2D eigenvalue weighted by molar-refractivity contribution is 0.123. The van der Waals surface area contributed by atoms with Crippen LogP contribution in [0.15, 0.2) is 30.3 Å². The molecule has 1 saturated heterocycles. The maximum Gasteiger partial charge on any atom is 0.279 e. The quantitative estimate of drug-likeness (QED) is 0.766. The maximum atomic E-state index is 13.4. The van der Waals surface area contributed by atoms with Crippen LogP contribution in [0.25, 0.3) is 0 Å².